The second-order valence-corrected chi connectivity index (χ2v) is 7.53. The van der Waals surface area contributed by atoms with Crippen molar-refractivity contribution in [2.45, 2.75) is 26.7 Å². The van der Waals surface area contributed by atoms with Gasteiger partial charge in [0.05, 0.1) is 10.7 Å². The predicted molar refractivity (Wildman–Crippen MR) is 82.6 cm³/mol. The van der Waals surface area contributed by atoms with Gasteiger partial charge in [-0.25, -0.2) is 4.98 Å². The van der Waals surface area contributed by atoms with E-state index in [9.17, 15) is 9.90 Å². The second-order valence-electron chi connectivity index (χ2n) is 6.32. The molecule has 0 aliphatic carbocycles. The Bertz CT molecular complexity index is 537. The first kappa shape index (κ1) is 14.9. The number of likely N-dealkylation sites (tertiary alicyclic amines) is 1. The van der Waals surface area contributed by atoms with Crippen LogP contribution in [0.15, 0.2) is 0 Å². The van der Waals surface area contributed by atoms with Crippen molar-refractivity contribution in [3.63, 3.8) is 0 Å². The van der Waals surface area contributed by atoms with E-state index < -0.39 is 0 Å². The average molecular weight is 309 g/mol. The monoisotopic (exact) mass is 309 g/mol. The molecule has 1 unspecified atom stereocenters. The number of aromatic nitrogens is 1. The van der Waals surface area contributed by atoms with Crippen molar-refractivity contribution in [2.24, 2.45) is 11.3 Å². The number of rotatable bonds is 2. The number of aryl methyl sites for hydroxylation is 2. The van der Waals surface area contributed by atoms with Crippen LogP contribution >= 0.6 is 11.3 Å². The van der Waals surface area contributed by atoms with Crippen molar-refractivity contribution >= 4 is 17.2 Å². The Morgan fingerprint density at radius 2 is 2.19 bits per heavy atom. The number of carbonyl (C=O) groups excluding carboxylic acids is 1. The van der Waals surface area contributed by atoms with E-state index in [1.165, 1.54) is 11.3 Å². The Morgan fingerprint density at radius 3 is 2.76 bits per heavy atom. The number of thiazole rings is 1. The summed E-state index contributed by atoms with van der Waals surface area (Å²) in [5.74, 6) is 0.296. The maximum Gasteiger partial charge on any atom is 0.265 e. The van der Waals surface area contributed by atoms with Gasteiger partial charge in [0, 0.05) is 25.6 Å². The predicted octanol–water partition coefficient (Wildman–Crippen LogP) is 1.19. The lowest BCUT2D eigenvalue weighted by molar-refractivity contribution is 0.0759. The largest absolute Gasteiger partial charge is 0.396 e. The maximum atomic E-state index is 12.8. The zero-order valence-electron chi connectivity index (χ0n) is 12.7. The van der Waals surface area contributed by atoms with Gasteiger partial charge in [0.25, 0.3) is 5.91 Å². The van der Waals surface area contributed by atoms with Gasteiger partial charge in [0.1, 0.15) is 4.88 Å². The summed E-state index contributed by atoms with van der Waals surface area (Å²) in [7, 11) is 0. The summed E-state index contributed by atoms with van der Waals surface area (Å²) in [6.45, 7) is 7.42. The molecule has 2 aliphatic heterocycles. The van der Waals surface area contributed by atoms with Gasteiger partial charge >= 0.3 is 0 Å². The molecule has 1 amide bonds. The Balaban J connectivity index is 1.81. The van der Waals surface area contributed by atoms with Gasteiger partial charge in [-0.3, -0.25) is 4.79 Å². The highest BCUT2D eigenvalue weighted by atomic mass is 32.1. The van der Waals surface area contributed by atoms with E-state index in [0.29, 0.717) is 6.54 Å². The molecule has 1 atom stereocenters. The molecule has 2 fully saturated rings. The Hall–Kier alpha value is -0.980. The van der Waals surface area contributed by atoms with Crippen LogP contribution < -0.4 is 5.32 Å². The van der Waals surface area contributed by atoms with Crippen LogP contribution in [0.2, 0.25) is 0 Å². The van der Waals surface area contributed by atoms with E-state index in [4.69, 9.17) is 0 Å². The minimum atomic E-state index is 0.0898. The van der Waals surface area contributed by atoms with Crippen molar-refractivity contribution in [1.29, 1.82) is 0 Å². The van der Waals surface area contributed by atoms with E-state index >= 15 is 0 Å². The Labute approximate surface area is 129 Å². The van der Waals surface area contributed by atoms with Crippen molar-refractivity contribution in [3.8, 4) is 0 Å². The molecule has 21 heavy (non-hydrogen) atoms. The van der Waals surface area contributed by atoms with Crippen LogP contribution in [0.1, 0.15) is 33.2 Å². The molecule has 1 aromatic rings. The molecular formula is C15H23N3O2S. The second kappa shape index (κ2) is 5.66. The van der Waals surface area contributed by atoms with E-state index in [1.807, 2.05) is 18.7 Å². The fourth-order valence-corrected chi connectivity index (χ4v) is 4.69. The lowest BCUT2D eigenvalue weighted by Gasteiger charge is -2.37. The van der Waals surface area contributed by atoms with Gasteiger partial charge in [0.15, 0.2) is 0 Å². The molecule has 2 N–H and O–H groups in total. The molecule has 0 aromatic carbocycles. The summed E-state index contributed by atoms with van der Waals surface area (Å²) in [4.78, 5) is 19.8. The molecule has 6 heteroatoms. The number of carbonyl (C=O) groups is 1. The number of aliphatic hydroxyl groups is 1. The third-order valence-corrected chi connectivity index (χ3v) is 6.08. The molecule has 2 saturated heterocycles. The highest BCUT2D eigenvalue weighted by Gasteiger charge is 2.48. The smallest absolute Gasteiger partial charge is 0.265 e. The van der Waals surface area contributed by atoms with Gasteiger partial charge in [-0.1, -0.05) is 0 Å². The number of nitrogens with zero attached hydrogens (tertiary/aromatic N) is 2. The van der Waals surface area contributed by atoms with Crippen LogP contribution in [0.5, 0.6) is 0 Å². The average Bonchev–Trinajstić information content (AvgIpc) is 2.99. The van der Waals surface area contributed by atoms with Crippen LogP contribution in [0.3, 0.4) is 0 Å². The molecule has 0 bridgehead atoms. The summed E-state index contributed by atoms with van der Waals surface area (Å²) in [5.41, 5.74) is 0.929. The third-order valence-electron chi connectivity index (χ3n) is 5.02. The fourth-order valence-electron chi connectivity index (χ4n) is 3.80. The van der Waals surface area contributed by atoms with Crippen LogP contribution in [0.25, 0.3) is 0 Å². The summed E-state index contributed by atoms with van der Waals surface area (Å²) in [6.07, 6.45) is 2.09. The number of aliphatic hydroxyl groups excluding tert-OH is 1. The first-order valence-corrected chi connectivity index (χ1v) is 8.42. The summed E-state index contributed by atoms with van der Waals surface area (Å²) in [6, 6.07) is 0. The zero-order chi connectivity index (χ0) is 15.0. The highest BCUT2D eigenvalue weighted by molar-refractivity contribution is 7.13. The van der Waals surface area contributed by atoms with Gasteiger partial charge in [0.2, 0.25) is 0 Å². The summed E-state index contributed by atoms with van der Waals surface area (Å²) >= 11 is 1.48. The van der Waals surface area contributed by atoms with Gasteiger partial charge in [-0.05, 0) is 45.2 Å². The van der Waals surface area contributed by atoms with Crippen molar-refractivity contribution in [3.05, 3.63) is 15.6 Å². The number of hydrogen-bond donors (Lipinski definition) is 2. The minimum Gasteiger partial charge on any atom is -0.396 e. The third kappa shape index (κ3) is 2.60. The molecule has 116 valence electrons. The van der Waals surface area contributed by atoms with Gasteiger partial charge in [-0.2, -0.15) is 0 Å². The topological polar surface area (TPSA) is 65.5 Å². The molecule has 3 heterocycles. The molecule has 0 saturated carbocycles. The van der Waals surface area contributed by atoms with Crippen molar-refractivity contribution in [2.75, 3.05) is 32.8 Å². The first-order chi connectivity index (χ1) is 10.1. The van der Waals surface area contributed by atoms with E-state index in [-0.39, 0.29) is 23.8 Å². The number of amides is 1. The van der Waals surface area contributed by atoms with Crippen LogP contribution in [-0.2, 0) is 0 Å². The molecule has 0 radical (unpaired) electrons. The summed E-state index contributed by atoms with van der Waals surface area (Å²) < 4.78 is 0. The highest BCUT2D eigenvalue weighted by Crippen LogP contribution is 2.43. The number of nitrogens with one attached hydrogen (secondary N) is 1. The van der Waals surface area contributed by atoms with Crippen LogP contribution in [0, 0.1) is 25.2 Å². The standard InChI is InChI=1S/C15H23N3O2S/c1-10-13(21-11(2)17-10)14(20)18-7-12(8-19)15(9-18)3-5-16-6-4-15/h12,16,19H,3-9H2,1-2H3. The van der Waals surface area contributed by atoms with E-state index in [1.54, 1.807) is 0 Å². The molecule has 1 aromatic heterocycles. The van der Waals surface area contributed by atoms with Gasteiger partial charge in [-0.15, -0.1) is 11.3 Å². The van der Waals surface area contributed by atoms with E-state index in [2.05, 4.69) is 10.3 Å². The van der Waals surface area contributed by atoms with Crippen molar-refractivity contribution < 1.29 is 9.90 Å². The minimum absolute atomic E-state index is 0.0898. The summed E-state index contributed by atoms with van der Waals surface area (Å²) in [5, 5.41) is 14.1. The van der Waals surface area contributed by atoms with Crippen LogP contribution in [0.4, 0.5) is 0 Å². The maximum absolute atomic E-state index is 12.8. The Kier molecular flexibility index (Phi) is 4.03. The van der Waals surface area contributed by atoms with Crippen molar-refractivity contribution in [1.82, 2.24) is 15.2 Å². The molecule has 2 aliphatic rings. The van der Waals surface area contributed by atoms with Crippen LogP contribution in [-0.4, -0.2) is 53.7 Å². The number of piperidine rings is 1. The lowest BCUT2D eigenvalue weighted by atomic mass is 9.71. The molecular weight excluding hydrogens is 286 g/mol. The number of hydrogen-bond acceptors (Lipinski definition) is 5. The van der Waals surface area contributed by atoms with E-state index in [0.717, 1.165) is 48.1 Å². The lowest BCUT2D eigenvalue weighted by Crippen LogP contribution is -2.43. The zero-order valence-corrected chi connectivity index (χ0v) is 13.5. The quantitative estimate of drug-likeness (QED) is 0.861. The fraction of sp³-hybridized carbons (Fsp3) is 0.733. The first-order valence-electron chi connectivity index (χ1n) is 7.60. The molecule has 5 nitrogen and oxygen atoms in total. The normalized spacial score (nSPS) is 24.7. The Morgan fingerprint density at radius 1 is 1.48 bits per heavy atom. The molecule has 3 rings (SSSR count). The SMILES string of the molecule is Cc1nc(C)c(C(=O)N2CC(CO)C3(CCNCC3)C2)s1. The van der Waals surface area contributed by atoms with Gasteiger partial charge < -0.3 is 15.3 Å². The molecule has 1 spiro atoms.